The Labute approximate surface area is 122 Å². The van der Waals surface area contributed by atoms with E-state index in [1.807, 2.05) is 13.8 Å². The maximum atomic E-state index is 12.5. The van der Waals surface area contributed by atoms with Gasteiger partial charge in [0.1, 0.15) is 0 Å². The van der Waals surface area contributed by atoms with Gasteiger partial charge in [0.2, 0.25) is 5.91 Å². The summed E-state index contributed by atoms with van der Waals surface area (Å²) in [5, 5.41) is 15.8. The zero-order valence-electron chi connectivity index (χ0n) is 12.8. The number of rotatable bonds is 5. The van der Waals surface area contributed by atoms with Crippen LogP contribution in [0.5, 0.6) is 0 Å². The molecule has 5 nitrogen and oxygen atoms in total. The topological polar surface area (TPSA) is 64.6 Å². The van der Waals surface area contributed by atoms with Gasteiger partial charge < -0.3 is 15.7 Å². The van der Waals surface area contributed by atoms with E-state index in [-0.39, 0.29) is 12.5 Å². The number of aliphatic hydroxyl groups excluding tert-OH is 1. The van der Waals surface area contributed by atoms with Crippen molar-refractivity contribution in [2.45, 2.75) is 38.6 Å². The van der Waals surface area contributed by atoms with Crippen molar-refractivity contribution < 1.29 is 9.90 Å². The molecule has 0 aromatic carbocycles. The van der Waals surface area contributed by atoms with Gasteiger partial charge in [-0.3, -0.25) is 9.69 Å². The number of amides is 1. The molecule has 5 heteroatoms. The van der Waals surface area contributed by atoms with Crippen LogP contribution in [0.15, 0.2) is 0 Å². The van der Waals surface area contributed by atoms with Crippen molar-refractivity contribution in [2.24, 2.45) is 11.8 Å². The van der Waals surface area contributed by atoms with E-state index in [0.717, 1.165) is 39.0 Å². The van der Waals surface area contributed by atoms with Crippen LogP contribution in [-0.4, -0.2) is 60.8 Å². The Bertz CT molecular complexity index is 327. The maximum Gasteiger partial charge on any atom is 0.239 e. The van der Waals surface area contributed by atoms with Crippen LogP contribution in [0.4, 0.5) is 0 Å². The first kappa shape index (κ1) is 15.7. The molecule has 2 unspecified atom stereocenters. The third kappa shape index (κ3) is 3.51. The summed E-state index contributed by atoms with van der Waals surface area (Å²) in [6.07, 6.45) is 3.39. The molecule has 0 aromatic heterocycles. The van der Waals surface area contributed by atoms with Gasteiger partial charge in [-0.1, -0.05) is 6.42 Å². The molecule has 1 heterocycles. The van der Waals surface area contributed by atoms with Gasteiger partial charge in [-0.05, 0) is 38.5 Å². The molecule has 2 rings (SSSR count). The molecule has 3 N–H and O–H groups in total. The lowest BCUT2D eigenvalue weighted by Crippen LogP contribution is -2.60. The Kier molecular flexibility index (Phi) is 5.41. The number of nitrogens with zero attached hydrogens (tertiary/aromatic N) is 1. The summed E-state index contributed by atoms with van der Waals surface area (Å²) in [5.41, 5.74) is -0.449. The largest absolute Gasteiger partial charge is 0.396 e. The van der Waals surface area contributed by atoms with Gasteiger partial charge in [-0.15, -0.1) is 0 Å². The molecule has 1 saturated carbocycles. The van der Waals surface area contributed by atoms with Crippen molar-refractivity contribution in [1.29, 1.82) is 0 Å². The van der Waals surface area contributed by atoms with Crippen molar-refractivity contribution in [3.05, 3.63) is 0 Å². The van der Waals surface area contributed by atoms with E-state index in [0.29, 0.717) is 18.4 Å². The first-order chi connectivity index (χ1) is 9.55. The van der Waals surface area contributed by atoms with Crippen LogP contribution in [0.1, 0.15) is 33.1 Å². The van der Waals surface area contributed by atoms with E-state index < -0.39 is 5.54 Å². The number of carbonyl (C=O) groups is 1. The third-order valence-corrected chi connectivity index (χ3v) is 5.04. The second kappa shape index (κ2) is 6.87. The maximum absolute atomic E-state index is 12.5. The minimum atomic E-state index is -0.449. The molecule has 0 spiro atoms. The normalized spacial score (nSPS) is 28.6. The van der Waals surface area contributed by atoms with Gasteiger partial charge >= 0.3 is 0 Å². The van der Waals surface area contributed by atoms with Crippen molar-refractivity contribution in [1.82, 2.24) is 15.5 Å². The fraction of sp³-hybridized carbons (Fsp3) is 0.933. The SMILES string of the molecule is CC(C)(C(=O)NCC1CCCC1CO)N1CCNCC1. The van der Waals surface area contributed by atoms with Gasteiger partial charge in [0.25, 0.3) is 0 Å². The fourth-order valence-electron chi connectivity index (χ4n) is 3.43. The highest BCUT2D eigenvalue weighted by Crippen LogP contribution is 2.30. The van der Waals surface area contributed by atoms with Crippen LogP contribution < -0.4 is 10.6 Å². The highest BCUT2D eigenvalue weighted by atomic mass is 16.3. The summed E-state index contributed by atoms with van der Waals surface area (Å²) in [7, 11) is 0. The number of carbonyl (C=O) groups excluding carboxylic acids is 1. The third-order valence-electron chi connectivity index (χ3n) is 5.04. The molecule has 2 fully saturated rings. The number of piperazine rings is 1. The van der Waals surface area contributed by atoms with E-state index in [9.17, 15) is 9.90 Å². The molecule has 116 valence electrons. The number of aliphatic hydroxyl groups is 1. The summed E-state index contributed by atoms with van der Waals surface area (Å²) in [6, 6.07) is 0. The van der Waals surface area contributed by atoms with E-state index in [4.69, 9.17) is 0 Å². The Hall–Kier alpha value is -0.650. The molecule has 1 aliphatic carbocycles. The Morgan fingerprint density at radius 3 is 2.60 bits per heavy atom. The van der Waals surface area contributed by atoms with Gasteiger partial charge in [0.15, 0.2) is 0 Å². The smallest absolute Gasteiger partial charge is 0.239 e. The summed E-state index contributed by atoms with van der Waals surface area (Å²) in [4.78, 5) is 14.7. The Morgan fingerprint density at radius 1 is 1.30 bits per heavy atom. The van der Waals surface area contributed by atoms with Crippen LogP contribution in [-0.2, 0) is 4.79 Å². The van der Waals surface area contributed by atoms with E-state index >= 15 is 0 Å². The monoisotopic (exact) mass is 283 g/mol. The van der Waals surface area contributed by atoms with Crippen LogP contribution in [0.3, 0.4) is 0 Å². The van der Waals surface area contributed by atoms with Gasteiger partial charge in [0, 0.05) is 39.3 Å². The molecular formula is C15H29N3O2. The summed E-state index contributed by atoms with van der Waals surface area (Å²) in [6.45, 7) is 8.71. The van der Waals surface area contributed by atoms with Crippen molar-refractivity contribution in [2.75, 3.05) is 39.3 Å². The molecule has 0 bridgehead atoms. The molecule has 20 heavy (non-hydrogen) atoms. The van der Waals surface area contributed by atoms with Crippen molar-refractivity contribution in [3.63, 3.8) is 0 Å². The zero-order chi connectivity index (χ0) is 14.6. The minimum absolute atomic E-state index is 0.114. The second-order valence-electron chi connectivity index (χ2n) is 6.64. The predicted octanol–water partition coefficient (Wildman–Crippen LogP) is 0.195. The van der Waals surface area contributed by atoms with E-state index in [2.05, 4.69) is 15.5 Å². The molecule has 2 aliphatic rings. The molecule has 1 amide bonds. The van der Waals surface area contributed by atoms with Gasteiger partial charge in [-0.25, -0.2) is 0 Å². The number of nitrogens with one attached hydrogen (secondary N) is 2. The van der Waals surface area contributed by atoms with E-state index in [1.165, 1.54) is 6.42 Å². The average Bonchev–Trinajstić information content (AvgIpc) is 2.93. The lowest BCUT2D eigenvalue weighted by molar-refractivity contribution is -0.132. The van der Waals surface area contributed by atoms with Crippen LogP contribution in [0.25, 0.3) is 0 Å². The number of hydrogen-bond acceptors (Lipinski definition) is 4. The predicted molar refractivity (Wildman–Crippen MR) is 79.4 cm³/mol. The summed E-state index contributed by atoms with van der Waals surface area (Å²) in [5.74, 6) is 0.934. The first-order valence-electron chi connectivity index (χ1n) is 7.90. The molecular weight excluding hydrogens is 254 g/mol. The zero-order valence-corrected chi connectivity index (χ0v) is 12.8. The average molecular weight is 283 g/mol. The second-order valence-corrected chi connectivity index (χ2v) is 6.64. The number of hydrogen-bond donors (Lipinski definition) is 3. The van der Waals surface area contributed by atoms with Crippen LogP contribution in [0, 0.1) is 11.8 Å². The minimum Gasteiger partial charge on any atom is -0.396 e. The van der Waals surface area contributed by atoms with E-state index in [1.54, 1.807) is 0 Å². The Balaban J connectivity index is 1.83. The highest BCUT2D eigenvalue weighted by Gasteiger charge is 2.36. The lowest BCUT2D eigenvalue weighted by Gasteiger charge is -2.40. The van der Waals surface area contributed by atoms with Crippen LogP contribution >= 0.6 is 0 Å². The lowest BCUT2D eigenvalue weighted by atomic mass is 9.95. The summed E-state index contributed by atoms with van der Waals surface area (Å²) >= 11 is 0. The molecule has 1 aliphatic heterocycles. The molecule has 1 saturated heterocycles. The van der Waals surface area contributed by atoms with Crippen LogP contribution in [0.2, 0.25) is 0 Å². The highest BCUT2D eigenvalue weighted by molar-refractivity contribution is 5.85. The fourth-order valence-corrected chi connectivity index (χ4v) is 3.43. The standard InChI is InChI=1S/C15H29N3O2/c1-15(2,18-8-6-16-7-9-18)14(20)17-10-12-4-3-5-13(12)11-19/h12-13,16,19H,3-11H2,1-2H3,(H,17,20). The molecule has 2 atom stereocenters. The van der Waals surface area contributed by atoms with Crippen molar-refractivity contribution in [3.8, 4) is 0 Å². The van der Waals surface area contributed by atoms with Crippen molar-refractivity contribution >= 4 is 5.91 Å². The molecule has 0 aromatic rings. The van der Waals surface area contributed by atoms with Gasteiger partial charge in [-0.2, -0.15) is 0 Å². The quantitative estimate of drug-likeness (QED) is 0.674. The molecule has 0 radical (unpaired) electrons. The first-order valence-corrected chi connectivity index (χ1v) is 7.90. The Morgan fingerprint density at radius 2 is 1.95 bits per heavy atom. The summed E-state index contributed by atoms with van der Waals surface area (Å²) < 4.78 is 0. The van der Waals surface area contributed by atoms with Gasteiger partial charge in [0.05, 0.1) is 5.54 Å².